The summed E-state index contributed by atoms with van der Waals surface area (Å²) in [6, 6.07) is 19.9. The summed E-state index contributed by atoms with van der Waals surface area (Å²) in [4.78, 5) is 16.4. The molecule has 0 spiro atoms. The van der Waals surface area contributed by atoms with Crippen LogP contribution in [0, 0.1) is 0 Å². The minimum Gasteiger partial charge on any atom is -0.466 e. The molecule has 0 fully saturated rings. The van der Waals surface area contributed by atoms with E-state index in [1.54, 1.807) is 6.92 Å². The molecule has 1 aromatic heterocycles. The summed E-state index contributed by atoms with van der Waals surface area (Å²) in [5, 5.41) is 0. The molecule has 23 heavy (non-hydrogen) atoms. The molecular formula is C19H18N2O2. The van der Waals surface area contributed by atoms with Crippen molar-refractivity contribution in [3.8, 4) is 17.1 Å². The van der Waals surface area contributed by atoms with Crippen LogP contribution in [0.5, 0.6) is 0 Å². The zero-order valence-electron chi connectivity index (χ0n) is 13.0. The number of benzene rings is 2. The van der Waals surface area contributed by atoms with Crippen molar-refractivity contribution in [3.05, 3.63) is 72.6 Å². The highest BCUT2D eigenvalue weighted by Gasteiger charge is 2.14. The van der Waals surface area contributed by atoms with E-state index in [9.17, 15) is 4.79 Å². The second-order valence-electron chi connectivity index (χ2n) is 5.11. The number of carbonyl (C=O) groups excluding carboxylic acids is 1. The first-order valence-corrected chi connectivity index (χ1v) is 7.62. The van der Waals surface area contributed by atoms with Gasteiger partial charge in [0.1, 0.15) is 5.82 Å². The number of hydrogen-bond donors (Lipinski definition) is 0. The summed E-state index contributed by atoms with van der Waals surface area (Å²) in [5.74, 6) is 0.556. The van der Waals surface area contributed by atoms with E-state index < -0.39 is 0 Å². The highest BCUT2D eigenvalue weighted by molar-refractivity contribution is 5.72. The van der Waals surface area contributed by atoms with E-state index in [1.807, 2.05) is 71.4 Å². The third-order valence-corrected chi connectivity index (χ3v) is 3.45. The van der Waals surface area contributed by atoms with Crippen LogP contribution in [0.2, 0.25) is 0 Å². The Bertz CT molecular complexity index is 723. The lowest BCUT2D eigenvalue weighted by Crippen LogP contribution is -2.07. The second kappa shape index (κ2) is 6.92. The molecule has 0 bridgehead atoms. The molecule has 1 heterocycles. The van der Waals surface area contributed by atoms with Crippen molar-refractivity contribution < 1.29 is 9.53 Å². The summed E-state index contributed by atoms with van der Waals surface area (Å²) in [6.07, 6.45) is 2.07. The molecule has 116 valence electrons. The fourth-order valence-electron chi connectivity index (χ4n) is 2.45. The molecule has 3 rings (SSSR count). The minimum absolute atomic E-state index is 0.174. The maximum Gasteiger partial charge on any atom is 0.311 e. The molecule has 0 aliphatic heterocycles. The molecular weight excluding hydrogens is 288 g/mol. The van der Waals surface area contributed by atoms with E-state index in [1.165, 1.54) is 0 Å². The minimum atomic E-state index is -0.259. The van der Waals surface area contributed by atoms with E-state index in [4.69, 9.17) is 4.74 Å². The number of esters is 1. The molecule has 2 aromatic carbocycles. The number of imidazole rings is 1. The molecule has 0 aliphatic rings. The first-order valence-electron chi connectivity index (χ1n) is 7.62. The highest BCUT2D eigenvalue weighted by atomic mass is 16.5. The van der Waals surface area contributed by atoms with Gasteiger partial charge in [-0.1, -0.05) is 48.5 Å². The zero-order valence-corrected chi connectivity index (χ0v) is 13.0. The Labute approximate surface area is 135 Å². The van der Waals surface area contributed by atoms with Crippen molar-refractivity contribution in [2.75, 3.05) is 6.61 Å². The topological polar surface area (TPSA) is 44.1 Å². The van der Waals surface area contributed by atoms with Gasteiger partial charge in [0.05, 0.1) is 18.7 Å². The number of nitrogens with zero attached hydrogens (tertiary/aromatic N) is 2. The molecule has 4 heteroatoms. The van der Waals surface area contributed by atoms with Crippen LogP contribution in [0.15, 0.2) is 66.9 Å². The molecule has 0 amide bonds. The number of rotatable bonds is 5. The number of aromatic nitrogens is 2. The third-order valence-electron chi connectivity index (χ3n) is 3.45. The van der Waals surface area contributed by atoms with Crippen LogP contribution in [0.25, 0.3) is 17.1 Å². The van der Waals surface area contributed by atoms with Crippen LogP contribution in [0.1, 0.15) is 12.6 Å². The number of ether oxygens (including phenoxy) is 1. The van der Waals surface area contributed by atoms with Gasteiger partial charge in [-0.25, -0.2) is 4.98 Å². The number of carbonyl (C=O) groups is 1. The Hall–Kier alpha value is -2.88. The first kappa shape index (κ1) is 15.0. The van der Waals surface area contributed by atoms with Crippen molar-refractivity contribution in [1.29, 1.82) is 0 Å². The van der Waals surface area contributed by atoms with Gasteiger partial charge in [-0.15, -0.1) is 0 Å². The summed E-state index contributed by atoms with van der Waals surface area (Å²) in [5.41, 5.74) is 2.71. The fourth-order valence-corrected chi connectivity index (χ4v) is 2.45. The smallest absolute Gasteiger partial charge is 0.311 e. The Morgan fingerprint density at radius 1 is 1.04 bits per heavy atom. The summed E-state index contributed by atoms with van der Waals surface area (Å²) < 4.78 is 7.02. The molecule has 0 aliphatic carbocycles. The van der Waals surface area contributed by atoms with Gasteiger partial charge in [0.25, 0.3) is 0 Å². The zero-order chi connectivity index (χ0) is 16.1. The maximum absolute atomic E-state index is 11.7. The molecule has 0 saturated carbocycles. The first-order chi connectivity index (χ1) is 11.3. The predicted octanol–water partition coefficient (Wildman–Crippen LogP) is 3.64. The van der Waals surface area contributed by atoms with Gasteiger partial charge in [0.2, 0.25) is 0 Å². The van der Waals surface area contributed by atoms with Crippen LogP contribution in [-0.2, 0) is 16.0 Å². The van der Waals surface area contributed by atoms with Crippen molar-refractivity contribution in [3.63, 3.8) is 0 Å². The van der Waals surface area contributed by atoms with Gasteiger partial charge < -0.3 is 4.74 Å². The lowest BCUT2D eigenvalue weighted by molar-refractivity contribution is -0.142. The molecule has 0 saturated heterocycles. The second-order valence-corrected chi connectivity index (χ2v) is 5.11. The molecule has 3 aromatic rings. The van der Waals surface area contributed by atoms with Gasteiger partial charge in [0.15, 0.2) is 0 Å². The average molecular weight is 306 g/mol. The van der Waals surface area contributed by atoms with Crippen molar-refractivity contribution in [2.45, 2.75) is 13.3 Å². The molecule has 4 nitrogen and oxygen atoms in total. The number of hydrogen-bond acceptors (Lipinski definition) is 3. The van der Waals surface area contributed by atoms with Crippen LogP contribution >= 0.6 is 0 Å². The van der Waals surface area contributed by atoms with Gasteiger partial charge in [-0.2, -0.15) is 0 Å². The Morgan fingerprint density at radius 3 is 2.35 bits per heavy atom. The van der Waals surface area contributed by atoms with Gasteiger partial charge in [-0.05, 0) is 19.1 Å². The molecule has 0 atom stereocenters. The lowest BCUT2D eigenvalue weighted by Gasteiger charge is -2.07. The summed E-state index contributed by atoms with van der Waals surface area (Å²) in [7, 11) is 0. The van der Waals surface area contributed by atoms with E-state index >= 15 is 0 Å². The quantitative estimate of drug-likeness (QED) is 0.676. The van der Waals surface area contributed by atoms with E-state index in [0.717, 1.165) is 17.1 Å². The van der Waals surface area contributed by atoms with E-state index in [0.29, 0.717) is 12.3 Å². The number of para-hydroxylation sites is 1. The monoisotopic (exact) mass is 306 g/mol. The highest BCUT2D eigenvalue weighted by Crippen LogP contribution is 2.23. The van der Waals surface area contributed by atoms with Gasteiger partial charge >= 0.3 is 5.97 Å². The SMILES string of the molecule is CCOC(=O)Cc1cn(-c2ccccc2)c(-c2ccccc2)n1. The van der Waals surface area contributed by atoms with Crippen molar-refractivity contribution in [2.24, 2.45) is 0 Å². The standard InChI is InChI=1S/C19H18N2O2/c1-2-23-18(22)13-16-14-21(17-11-7-4-8-12-17)19(20-16)15-9-5-3-6-10-15/h3-12,14H,2,13H2,1H3. The summed E-state index contributed by atoms with van der Waals surface area (Å²) in [6.45, 7) is 2.18. The Kier molecular flexibility index (Phi) is 4.52. The lowest BCUT2D eigenvalue weighted by atomic mass is 10.2. The van der Waals surface area contributed by atoms with E-state index in [-0.39, 0.29) is 12.4 Å². The van der Waals surface area contributed by atoms with E-state index in [2.05, 4.69) is 4.98 Å². The largest absolute Gasteiger partial charge is 0.466 e. The van der Waals surface area contributed by atoms with Crippen LogP contribution in [-0.4, -0.2) is 22.1 Å². The van der Waals surface area contributed by atoms with Crippen LogP contribution in [0.3, 0.4) is 0 Å². The van der Waals surface area contributed by atoms with Crippen molar-refractivity contribution >= 4 is 5.97 Å². The van der Waals surface area contributed by atoms with Crippen LogP contribution < -0.4 is 0 Å². The Morgan fingerprint density at radius 2 is 1.70 bits per heavy atom. The predicted molar refractivity (Wildman–Crippen MR) is 89.3 cm³/mol. The summed E-state index contributed by atoms with van der Waals surface area (Å²) >= 11 is 0. The third kappa shape index (κ3) is 3.48. The van der Waals surface area contributed by atoms with Crippen molar-refractivity contribution in [1.82, 2.24) is 9.55 Å². The molecule has 0 radical (unpaired) electrons. The average Bonchev–Trinajstić information content (AvgIpc) is 3.00. The van der Waals surface area contributed by atoms with Gasteiger partial charge in [-0.3, -0.25) is 9.36 Å². The molecule has 0 N–H and O–H groups in total. The Balaban J connectivity index is 2.02. The van der Waals surface area contributed by atoms with Crippen LogP contribution in [0.4, 0.5) is 0 Å². The molecule has 0 unspecified atom stereocenters. The fraction of sp³-hybridized carbons (Fsp3) is 0.158. The normalized spacial score (nSPS) is 10.5. The van der Waals surface area contributed by atoms with Gasteiger partial charge in [0, 0.05) is 17.4 Å². The maximum atomic E-state index is 11.7.